The molecule has 4 rings (SSSR count). The predicted octanol–water partition coefficient (Wildman–Crippen LogP) is 4.61. The van der Waals surface area contributed by atoms with Gasteiger partial charge in [0.25, 0.3) is 0 Å². The summed E-state index contributed by atoms with van der Waals surface area (Å²) in [5.74, 6) is -1.44. The summed E-state index contributed by atoms with van der Waals surface area (Å²) >= 11 is 2.40. The zero-order valence-electron chi connectivity index (χ0n) is 18.9. The monoisotopic (exact) mass is 537 g/mol. The zero-order valence-corrected chi connectivity index (χ0v) is 20.5. The third-order valence-corrected chi connectivity index (χ3v) is 6.70. The molecular formula is C24H17F2N7O2S2. The second-order valence-corrected chi connectivity index (χ2v) is 9.09. The summed E-state index contributed by atoms with van der Waals surface area (Å²) in [5.41, 5.74) is 7.59. The Morgan fingerprint density at radius 2 is 1.95 bits per heavy atom. The van der Waals surface area contributed by atoms with Gasteiger partial charge in [0, 0.05) is 34.5 Å². The smallest absolute Gasteiger partial charge is 0.213 e. The van der Waals surface area contributed by atoms with E-state index in [-0.39, 0.29) is 41.7 Å². The number of hydrogen-bond donors (Lipinski definition) is 3. The fraction of sp³-hybridized carbons (Fsp3) is 0.125. The van der Waals surface area contributed by atoms with Crippen molar-refractivity contribution in [3.63, 3.8) is 0 Å². The third-order valence-electron chi connectivity index (χ3n) is 4.88. The van der Waals surface area contributed by atoms with Crippen LogP contribution in [-0.4, -0.2) is 33.3 Å². The van der Waals surface area contributed by atoms with E-state index in [0.717, 1.165) is 6.07 Å². The number of rotatable bonds is 9. The Labute approximate surface area is 218 Å². The van der Waals surface area contributed by atoms with Crippen LogP contribution in [0, 0.1) is 34.3 Å². The summed E-state index contributed by atoms with van der Waals surface area (Å²) < 4.78 is 32.7. The van der Waals surface area contributed by atoms with E-state index in [2.05, 4.69) is 26.3 Å². The van der Waals surface area contributed by atoms with Crippen molar-refractivity contribution in [1.82, 2.24) is 15.0 Å². The number of ether oxygens (including phenoxy) is 1. The van der Waals surface area contributed by atoms with E-state index < -0.39 is 11.6 Å². The molecule has 1 aromatic carbocycles. The van der Waals surface area contributed by atoms with Crippen LogP contribution in [0.4, 0.5) is 25.4 Å². The molecule has 4 N–H and O–H groups in total. The van der Waals surface area contributed by atoms with Crippen LogP contribution in [0.2, 0.25) is 0 Å². The van der Waals surface area contributed by atoms with E-state index in [9.17, 15) is 19.3 Å². The van der Waals surface area contributed by atoms with Gasteiger partial charge in [-0.25, -0.2) is 23.7 Å². The lowest BCUT2D eigenvalue weighted by atomic mass is 9.98. The number of halogens is 2. The molecule has 0 aliphatic carbocycles. The summed E-state index contributed by atoms with van der Waals surface area (Å²) in [6.45, 7) is -0.0897. The van der Waals surface area contributed by atoms with Gasteiger partial charge in [-0.3, -0.25) is 0 Å². The fourth-order valence-electron chi connectivity index (χ4n) is 3.24. The number of nitrogens with two attached hydrogens (primary N) is 1. The van der Waals surface area contributed by atoms with Gasteiger partial charge in [0.2, 0.25) is 5.88 Å². The van der Waals surface area contributed by atoms with E-state index in [4.69, 9.17) is 15.6 Å². The minimum absolute atomic E-state index is 0.0344. The van der Waals surface area contributed by atoms with Gasteiger partial charge >= 0.3 is 0 Å². The maximum Gasteiger partial charge on any atom is 0.213 e. The number of aliphatic hydroxyl groups is 1. The maximum atomic E-state index is 13.9. The SMILES string of the molecule is N#Cc1c(N)nc(SCc2csc(Nc3cccc(F)c3F)n2)c(C#N)c1-c1ccc(OCCO)nc1. The number of aromatic nitrogens is 3. The zero-order chi connectivity index (χ0) is 26.4. The molecule has 0 aliphatic heterocycles. The van der Waals surface area contributed by atoms with Crippen LogP contribution in [0.5, 0.6) is 5.88 Å². The number of pyridine rings is 2. The van der Waals surface area contributed by atoms with Gasteiger partial charge in [0.15, 0.2) is 16.8 Å². The number of nitrogen functional groups attached to an aromatic ring is 1. The Hall–Kier alpha value is -4.30. The first-order valence-electron chi connectivity index (χ1n) is 10.6. The van der Waals surface area contributed by atoms with Crippen molar-refractivity contribution >= 4 is 39.7 Å². The minimum Gasteiger partial charge on any atom is -0.475 e. The van der Waals surface area contributed by atoms with E-state index in [1.807, 2.05) is 6.07 Å². The average Bonchev–Trinajstić information content (AvgIpc) is 3.36. The van der Waals surface area contributed by atoms with Gasteiger partial charge in [0.05, 0.1) is 23.6 Å². The third kappa shape index (κ3) is 5.76. The highest BCUT2D eigenvalue weighted by Crippen LogP contribution is 2.37. The van der Waals surface area contributed by atoms with Crippen LogP contribution in [0.1, 0.15) is 16.8 Å². The Morgan fingerprint density at radius 3 is 2.65 bits per heavy atom. The molecule has 0 unspecified atom stereocenters. The molecule has 0 fully saturated rings. The Balaban J connectivity index is 1.58. The number of aliphatic hydroxyl groups excluding tert-OH is 1. The van der Waals surface area contributed by atoms with Gasteiger partial charge in [0.1, 0.15) is 35.2 Å². The molecule has 0 bridgehead atoms. The van der Waals surface area contributed by atoms with Crippen LogP contribution < -0.4 is 15.8 Å². The van der Waals surface area contributed by atoms with Crippen molar-refractivity contribution in [2.24, 2.45) is 0 Å². The molecule has 3 heterocycles. The normalized spacial score (nSPS) is 10.5. The molecule has 186 valence electrons. The molecule has 0 saturated heterocycles. The molecule has 9 nitrogen and oxygen atoms in total. The number of benzene rings is 1. The van der Waals surface area contributed by atoms with E-state index in [1.54, 1.807) is 17.5 Å². The number of nitrogens with one attached hydrogen (secondary N) is 1. The molecule has 0 atom stereocenters. The van der Waals surface area contributed by atoms with Crippen molar-refractivity contribution in [2.45, 2.75) is 10.8 Å². The second kappa shape index (κ2) is 11.6. The Morgan fingerprint density at radius 1 is 1.14 bits per heavy atom. The molecule has 0 radical (unpaired) electrons. The van der Waals surface area contributed by atoms with E-state index >= 15 is 0 Å². The number of thiazole rings is 1. The van der Waals surface area contributed by atoms with Crippen LogP contribution in [0.15, 0.2) is 46.9 Å². The van der Waals surface area contributed by atoms with Crippen LogP contribution in [0.25, 0.3) is 11.1 Å². The number of nitrogens with zero attached hydrogens (tertiary/aromatic N) is 5. The first-order valence-corrected chi connectivity index (χ1v) is 12.4. The number of thioether (sulfide) groups is 1. The molecule has 0 saturated carbocycles. The van der Waals surface area contributed by atoms with E-state index in [0.29, 0.717) is 32.7 Å². The lowest BCUT2D eigenvalue weighted by molar-refractivity contribution is 0.196. The molecule has 4 aromatic rings. The molecule has 3 aromatic heterocycles. The maximum absolute atomic E-state index is 13.9. The number of anilines is 3. The Kier molecular flexibility index (Phi) is 8.10. The minimum atomic E-state index is -1.00. The number of nitriles is 2. The second-order valence-electron chi connectivity index (χ2n) is 7.27. The van der Waals surface area contributed by atoms with Gasteiger partial charge in [-0.05, 0) is 18.2 Å². The van der Waals surface area contributed by atoms with Gasteiger partial charge < -0.3 is 20.9 Å². The molecule has 0 amide bonds. The lowest BCUT2D eigenvalue weighted by Crippen LogP contribution is -2.05. The lowest BCUT2D eigenvalue weighted by Gasteiger charge is -2.13. The van der Waals surface area contributed by atoms with Crippen molar-refractivity contribution in [1.29, 1.82) is 10.5 Å². The summed E-state index contributed by atoms with van der Waals surface area (Å²) in [5, 5.41) is 33.7. The first kappa shape index (κ1) is 25.8. The van der Waals surface area contributed by atoms with Crippen molar-refractivity contribution in [3.8, 4) is 29.1 Å². The van der Waals surface area contributed by atoms with Crippen molar-refractivity contribution in [3.05, 3.63) is 70.4 Å². The number of hydrogen-bond acceptors (Lipinski definition) is 11. The summed E-state index contributed by atoms with van der Waals surface area (Å²) in [4.78, 5) is 12.8. The predicted molar refractivity (Wildman–Crippen MR) is 135 cm³/mol. The average molecular weight is 538 g/mol. The highest BCUT2D eigenvalue weighted by Gasteiger charge is 2.21. The Bertz CT molecular complexity index is 1520. The van der Waals surface area contributed by atoms with Crippen molar-refractivity contribution in [2.75, 3.05) is 24.3 Å². The van der Waals surface area contributed by atoms with Gasteiger partial charge in [-0.15, -0.1) is 11.3 Å². The summed E-state index contributed by atoms with van der Waals surface area (Å²) in [6, 6.07) is 11.1. The fourth-order valence-corrected chi connectivity index (χ4v) is 4.96. The highest BCUT2D eigenvalue weighted by atomic mass is 32.2. The molecule has 0 aliphatic rings. The quantitative estimate of drug-likeness (QED) is 0.258. The molecular weight excluding hydrogens is 520 g/mol. The van der Waals surface area contributed by atoms with Gasteiger partial charge in [-0.1, -0.05) is 17.8 Å². The van der Waals surface area contributed by atoms with Crippen LogP contribution in [0.3, 0.4) is 0 Å². The highest BCUT2D eigenvalue weighted by molar-refractivity contribution is 7.98. The topological polar surface area (TPSA) is 154 Å². The standard InChI is InChI=1S/C24H17F2N7O2S2/c25-17-2-1-3-18(21(17)26)32-24-31-14(12-37-24)11-36-23-16(9-28)20(15(8-27)22(29)33-23)13-4-5-19(30-10-13)35-7-6-34/h1-5,10,12,34H,6-7,11H2,(H2,29,33)(H,31,32). The van der Waals surface area contributed by atoms with Crippen LogP contribution in [-0.2, 0) is 5.75 Å². The van der Waals surface area contributed by atoms with E-state index in [1.165, 1.54) is 41.4 Å². The first-order chi connectivity index (χ1) is 17.9. The molecule has 37 heavy (non-hydrogen) atoms. The largest absolute Gasteiger partial charge is 0.475 e. The summed E-state index contributed by atoms with van der Waals surface area (Å²) in [6.07, 6.45) is 1.45. The van der Waals surface area contributed by atoms with Crippen molar-refractivity contribution < 1.29 is 18.6 Å². The van der Waals surface area contributed by atoms with Crippen LogP contribution >= 0.6 is 23.1 Å². The molecule has 13 heteroatoms. The molecule has 0 spiro atoms. The van der Waals surface area contributed by atoms with Gasteiger partial charge in [-0.2, -0.15) is 10.5 Å². The summed E-state index contributed by atoms with van der Waals surface area (Å²) in [7, 11) is 0.